The lowest BCUT2D eigenvalue weighted by Crippen LogP contribution is -3.20. The van der Waals surface area contributed by atoms with Gasteiger partial charge in [-0.3, -0.25) is 19.9 Å². The highest BCUT2D eigenvalue weighted by Gasteiger charge is 2.42. The van der Waals surface area contributed by atoms with Crippen molar-refractivity contribution in [3.8, 4) is 0 Å². The molecule has 3 rings (SSSR count). The Hall–Kier alpha value is -2.29. The summed E-state index contributed by atoms with van der Waals surface area (Å²) in [5.41, 5.74) is 0.785. The van der Waals surface area contributed by atoms with E-state index >= 15 is 0 Å². The highest BCUT2D eigenvalue weighted by molar-refractivity contribution is 6.35. The van der Waals surface area contributed by atoms with Crippen LogP contribution in [0.3, 0.4) is 0 Å². The second-order valence-corrected chi connectivity index (χ2v) is 7.20. The molecule has 1 atom stereocenters. The molecule has 0 aromatic heterocycles. The summed E-state index contributed by atoms with van der Waals surface area (Å²) in [6.07, 6.45) is 0. The van der Waals surface area contributed by atoms with Crippen molar-refractivity contribution in [2.24, 2.45) is 10.9 Å². The van der Waals surface area contributed by atoms with Crippen LogP contribution >= 0.6 is 11.6 Å². The zero-order valence-electron chi connectivity index (χ0n) is 15.2. The first-order valence-corrected chi connectivity index (χ1v) is 9.45. The van der Waals surface area contributed by atoms with Gasteiger partial charge in [-0.2, -0.15) is 0 Å². The molecule has 144 valence electrons. The molecule has 4 amide bonds. The molecule has 8 nitrogen and oxygen atoms in total. The second-order valence-electron chi connectivity index (χ2n) is 6.77. The zero-order valence-corrected chi connectivity index (χ0v) is 16.0. The molecule has 4 N–H and O–H groups in total. The first-order chi connectivity index (χ1) is 13.0. The number of imide groups is 2. The molecule has 9 heteroatoms. The number of nitrogens with one attached hydrogen (secondary N) is 2. The lowest BCUT2D eigenvalue weighted by Gasteiger charge is -2.30. The maximum absolute atomic E-state index is 12.9. The number of barbiturate groups is 1. The molecule has 0 radical (unpaired) electrons. The summed E-state index contributed by atoms with van der Waals surface area (Å²) in [5, 5.41) is 5.04. The van der Waals surface area contributed by atoms with Crippen molar-refractivity contribution >= 4 is 40.8 Å². The molecule has 0 aliphatic carbocycles. The molecule has 1 aromatic carbocycles. The van der Waals surface area contributed by atoms with Gasteiger partial charge in [0.2, 0.25) is 5.91 Å². The number of urea groups is 1. The third-order valence-electron chi connectivity index (χ3n) is 4.90. The van der Waals surface area contributed by atoms with E-state index in [1.807, 2.05) is 0 Å². The van der Waals surface area contributed by atoms with E-state index in [-0.39, 0.29) is 0 Å². The SMILES string of the molecule is CC(=NCC[NH+]1CC[NH2+]CC1)C1C(=O)NC(=O)N(c2ccc(Cl)cc2)C1=O. The number of carbonyl (C=O) groups is 3. The Kier molecular flexibility index (Phi) is 6.20. The Morgan fingerprint density at radius 1 is 1.26 bits per heavy atom. The number of halogens is 1. The van der Waals surface area contributed by atoms with Gasteiger partial charge in [-0.15, -0.1) is 0 Å². The third kappa shape index (κ3) is 4.52. The topological polar surface area (TPSA) is 99.9 Å². The van der Waals surface area contributed by atoms with Gasteiger partial charge in [-0.1, -0.05) is 11.6 Å². The Balaban J connectivity index is 1.71. The number of anilines is 1. The van der Waals surface area contributed by atoms with Crippen LogP contribution in [0.2, 0.25) is 5.02 Å². The minimum absolute atomic E-state index is 0.362. The number of piperazine rings is 1. The molecule has 2 fully saturated rings. The van der Waals surface area contributed by atoms with Crippen LogP contribution in [0.4, 0.5) is 10.5 Å². The predicted octanol–water partition coefficient (Wildman–Crippen LogP) is -1.54. The number of nitrogens with zero attached hydrogens (tertiary/aromatic N) is 2. The molecule has 27 heavy (non-hydrogen) atoms. The summed E-state index contributed by atoms with van der Waals surface area (Å²) < 4.78 is 0. The fourth-order valence-electron chi connectivity index (χ4n) is 3.39. The van der Waals surface area contributed by atoms with Crippen molar-refractivity contribution < 1.29 is 24.6 Å². The van der Waals surface area contributed by atoms with Crippen LogP contribution in [0.15, 0.2) is 29.3 Å². The zero-order chi connectivity index (χ0) is 19.4. The Labute approximate surface area is 162 Å². The normalized spacial score (nSPS) is 22.1. The number of benzene rings is 1. The van der Waals surface area contributed by atoms with Crippen molar-refractivity contribution in [1.29, 1.82) is 0 Å². The van der Waals surface area contributed by atoms with Gasteiger partial charge >= 0.3 is 6.03 Å². The molecule has 2 aliphatic heterocycles. The Bertz CT molecular complexity index is 759. The van der Waals surface area contributed by atoms with Crippen molar-refractivity contribution in [3.05, 3.63) is 29.3 Å². The number of quaternary nitrogens is 2. The van der Waals surface area contributed by atoms with Gasteiger partial charge in [-0.05, 0) is 31.2 Å². The lowest BCUT2D eigenvalue weighted by atomic mass is 9.99. The summed E-state index contributed by atoms with van der Waals surface area (Å²) in [5.74, 6) is -2.31. The van der Waals surface area contributed by atoms with E-state index in [0.29, 0.717) is 23.0 Å². The highest BCUT2D eigenvalue weighted by Crippen LogP contribution is 2.23. The molecule has 2 saturated heterocycles. The summed E-state index contributed by atoms with van der Waals surface area (Å²) in [6.45, 7) is 7.49. The highest BCUT2D eigenvalue weighted by atomic mass is 35.5. The van der Waals surface area contributed by atoms with E-state index in [9.17, 15) is 14.4 Å². The Morgan fingerprint density at radius 2 is 1.93 bits per heavy atom. The van der Waals surface area contributed by atoms with Gasteiger partial charge < -0.3 is 10.2 Å². The maximum atomic E-state index is 12.9. The summed E-state index contributed by atoms with van der Waals surface area (Å²) in [7, 11) is 0. The van der Waals surface area contributed by atoms with Crippen molar-refractivity contribution in [2.75, 3.05) is 44.2 Å². The molecule has 0 bridgehead atoms. The van der Waals surface area contributed by atoms with Crippen LogP contribution in [-0.2, 0) is 9.59 Å². The number of nitrogens with two attached hydrogens (primary N) is 1. The monoisotopic (exact) mass is 393 g/mol. The van der Waals surface area contributed by atoms with E-state index in [4.69, 9.17) is 11.6 Å². The minimum Gasteiger partial charge on any atom is -0.337 e. The van der Waals surface area contributed by atoms with Gasteiger partial charge in [0.1, 0.15) is 26.2 Å². The van der Waals surface area contributed by atoms with Crippen molar-refractivity contribution in [2.45, 2.75) is 6.92 Å². The van der Waals surface area contributed by atoms with E-state index in [1.165, 1.54) is 4.90 Å². The third-order valence-corrected chi connectivity index (χ3v) is 5.15. The standard InChI is InChI=1S/C18H22ClN5O3/c1-12(21-8-11-23-9-6-20-7-10-23)15-16(25)22-18(27)24(17(15)26)14-4-2-13(19)3-5-14/h2-5,15,20H,6-11H2,1H3,(H,22,25,27)/p+2. The maximum Gasteiger partial charge on any atom is 0.335 e. The van der Waals surface area contributed by atoms with Gasteiger partial charge in [0.25, 0.3) is 5.91 Å². The molecule has 0 saturated carbocycles. The number of rotatable bonds is 5. The summed E-state index contributed by atoms with van der Waals surface area (Å²) in [6, 6.07) is 5.54. The smallest absolute Gasteiger partial charge is 0.335 e. The molecule has 2 heterocycles. The van der Waals surface area contributed by atoms with E-state index in [0.717, 1.165) is 37.6 Å². The molecular weight excluding hydrogens is 370 g/mol. The number of carbonyl (C=O) groups excluding carboxylic acids is 3. The molecule has 2 aliphatic rings. The second kappa shape index (κ2) is 8.60. The number of hydrogen-bond donors (Lipinski definition) is 3. The average molecular weight is 394 g/mol. The van der Waals surface area contributed by atoms with Gasteiger partial charge in [0, 0.05) is 10.7 Å². The Morgan fingerprint density at radius 3 is 2.59 bits per heavy atom. The fraction of sp³-hybridized carbons (Fsp3) is 0.444. The number of hydrogen-bond acceptors (Lipinski definition) is 4. The summed E-state index contributed by atoms with van der Waals surface area (Å²) in [4.78, 5) is 44.2. The van der Waals surface area contributed by atoms with Crippen molar-refractivity contribution in [3.63, 3.8) is 0 Å². The average Bonchev–Trinajstić information content (AvgIpc) is 2.64. The quantitative estimate of drug-likeness (QED) is 0.417. The summed E-state index contributed by atoms with van der Waals surface area (Å²) >= 11 is 5.87. The largest absolute Gasteiger partial charge is 0.337 e. The van der Waals surface area contributed by atoms with Crippen LogP contribution in [0.25, 0.3) is 0 Å². The van der Waals surface area contributed by atoms with Gasteiger partial charge in [0.15, 0.2) is 5.92 Å². The number of aliphatic imine (C=N–C) groups is 1. The fourth-order valence-corrected chi connectivity index (χ4v) is 3.52. The molecular formula is C18H24ClN5O3+2. The first kappa shape index (κ1) is 19.5. The van der Waals surface area contributed by atoms with Crippen LogP contribution in [-0.4, -0.2) is 62.8 Å². The molecule has 0 spiro atoms. The van der Waals surface area contributed by atoms with Crippen LogP contribution in [0.1, 0.15) is 6.92 Å². The van der Waals surface area contributed by atoms with Gasteiger partial charge in [0.05, 0.1) is 18.8 Å². The first-order valence-electron chi connectivity index (χ1n) is 9.08. The van der Waals surface area contributed by atoms with E-state index < -0.39 is 23.8 Å². The molecule has 1 aromatic rings. The van der Waals surface area contributed by atoms with Crippen molar-refractivity contribution in [1.82, 2.24) is 5.32 Å². The van der Waals surface area contributed by atoms with Crippen LogP contribution in [0, 0.1) is 5.92 Å². The number of amides is 4. The predicted molar refractivity (Wildman–Crippen MR) is 101 cm³/mol. The van der Waals surface area contributed by atoms with Gasteiger partial charge in [-0.25, -0.2) is 9.69 Å². The van der Waals surface area contributed by atoms with E-state index in [2.05, 4.69) is 15.6 Å². The van der Waals surface area contributed by atoms with Crippen LogP contribution < -0.4 is 20.4 Å². The molecule has 1 unspecified atom stereocenters. The minimum atomic E-state index is -1.09. The van der Waals surface area contributed by atoms with Crippen LogP contribution in [0.5, 0.6) is 0 Å². The lowest BCUT2D eigenvalue weighted by molar-refractivity contribution is -0.945. The van der Waals surface area contributed by atoms with E-state index in [1.54, 1.807) is 31.2 Å².